The second kappa shape index (κ2) is 12.0. The zero-order chi connectivity index (χ0) is 24.5. The molecule has 2 heterocycles. The van der Waals surface area contributed by atoms with Crippen LogP contribution in [0, 0.1) is 11.3 Å². The number of nitrogens with zero attached hydrogens (tertiary/aromatic N) is 5. The molecule has 1 aliphatic heterocycles. The number of anilines is 1. The molecule has 3 aromatic rings. The molecule has 1 fully saturated rings. The molecule has 35 heavy (non-hydrogen) atoms. The van der Waals surface area contributed by atoms with Crippen LogP contribution in [-0.4, -0.2) is 54.3 Å². The summed E-state index contributed by atoms with van der Waals surface area (Å²) in [6.45, 7) is 7.92. The van der Waals surface area contributed by atoms with Crippen molar-refractivity contribution >= 4 is 17.6 Å². The standard InChI is InChI=1S/C27H31N5O3/c1-3-5-15-35-24-12-11-21(19-25(24)34-4-2)18-22(20-28)26-29-30-27(31-13-16-33-17-14-31)32(26)23-9-7-6-8-10-23/h6-12,18-19H,3-5,13-17H2,1-2H3/b22-18+. The summed E-state index contributed by atoms with van der Waals surface area (Å²) in [6, 6.07) is 17.9. The maximum Gasteiger partial charge on any atom is 0.232 e. The molecule has 0 saturated carbocycles. The predicted octanol–water partition coefficient (Wildman–Crippen LogP) is 4.75. The Labute approximate surface area is 206 Å². The molecule has 2 aromatic carbocycles. The summed E-state index contributed by atoms with van der Waals surface area (Å²) in [7, 11) is 0. The molecule has 0 N–H and O–H groups in total. The van der Waals surface area contributed by atoms with Crippen LogP contribution in [0.2, 0.25) is 0 Å². The molecule has 8 nitrogen and oxygen atoms in total. The number of hydrogen-bond acceptors (Lipinski definition) is 7. The summed E-state index contributed by atoms with van der Waals surface area (Å²) in [4.78, 5) is 2.14. The second-order valence-corrected chi connectivity index (χ2v) is 8.11. The van der Waals surface area contributed by atoms with Gasteiger partial charge in [-0.05, 0) is 49.2 Å². The maximum atomic E-state index is 10.1. The first kappa shape index (κ1) is 24.3. The van der Waals surface area contributed by atoms with Crippen LogP contribution in [0.4, 0.5) is 5.95 Å². The number of para-hydroxylation sites is 1. The number of morpholine rings is 1. The molecule has 8 heteroatoms. The van der Waals surface area contributed by atoms with E-state index < -0.39 is 0 Å². The fraction of sp³-hybridized carbons (Fsp3) is 0.370. The van der Waals surface area contributed by atoms with E-state index in [1.165, 1.54) is 0 Å². The number of allylic oxidation sites excluding steroid dienone is 1. The molecule has 0 bridgehead atoms. The van der Waals surface area contributed by atoms with Crippen molar-refractivity contribution in [2.24, 2.45) is 0 Å². The monoisotopic (exact) mass is 473 g/mol. The van der Waals surface area contributed by atoms with Crippen molar-refractivity contribution in [3.63, 3.8) is 0 Å². The number of unbranched alkanes of at least 4 members (excludes halogenated alkanes) is 1. The fourth-order valence-corrected chi connectivity index (χ4v) is 3.88. The third-order valence-corrected chi connectivity index (χ3v) is 5.65. The van der Waals surface area contributed by atoms with Crippen LogP contribution in [0.3, 0.4) is 0 Å². The molecule has 0 unspecified atom stereocenters. The van der Waals surface area contributed by atoms with Crippen LogP contribution in [0.25, 0.3) is 17.3 Å². The summed E-state index contributed by atoms with van der Waals surface area (Å²) in [5.41, 5.74) is 2.12. The summed E-state index contributed by atoms with van der Waals surface area (Å²) in [5.74, 6) is 2.55. The zero-order valence-corrected chi connectivity index (χ0v) is 20.3. The first-order chi connectivity index (χ1) is 17.2. The molecule has 0 radical (unpaired) electrons. The van der Waals surface area contributed by atoms with Crippen molar-refractivity contribution in [1.29, 1.82) is 5.26 Å². The molecule has 1 aromatic heterocycles. The Balaban J connectivity index is 1.73. The average Bonchev–Trinajstić information content (AvgIpc) is 3.35. The number of ether oxygens (including phenoxy) is 3. The summed E-state index contributed by atoms with van der Waals surface area (Å²) >= 11 is 0. The van der Waals surface area contributed by atoms with Crippen molar-refractivity contribution in [3.8, 4) is 23.3 Å². The molecular formula is C27H31N5O3. The normalized spacial score (nSPS) is 14.0. The van der Waals surface area contributed by atoms with Gasteiger partial charge in [0.15, 0.2) is 17.3 Å². The third-order valence-electron chi connectivity index (χ3n) is 5.65. The zero-order valence-electron chi connectivity index (χ0n) is 20.3. The molecule has 4 rings (SSSR count). The van der Waals surface area contributed by atoms with Gasteiger partial charge in [0, 0.05) is 13.1 Å². The van der Waals surface area contributed by atoms with Gasteiger partial charge in [-0.2, -0.15) is 5.26 Å². The van der Waals surface area contributed by atoms with E-state index in [0.717, 1.165) is 24.1 Å². The van der Waals surface area contributed by atoms with Gasteiger partial charge in [-0.3, -0.25) is 4.57 Å². The summed E-state index contributed by atoms with van der Waals surface area (Å²) < 4.78 is 19.2. The Morgan fingerprint density at radius 3 is 2.57 bits per heavy atom. The van der Waals surface area contributed by atoms with E-state index in [-0.39, 0.29) is 0 Å². The lowest BCUT2D eigenvalue weighted by Crippen LogP contribution is -2.38. The number of rotatable bonds is 10. The number of hydrogen-bond donors (Lipinski definition) is 0. The van der Waals surface area contributed by atoms with E-state index in [2.05, 4.69) is 28.1 Å². The van der Waals surface area contributed by atoms with E-state index in [1.807, 2.05) is 66.1 Å². The smallest absolute Gasteiger partial charge is 0.232 e. The van der Waals surface area contributed by atoms with E-state index >= 15 is 0 Å². The maximum absolute atomic E-state index is 10.1. The lowest BCUT2D eigenvalue weighted by Gasteiger charge is -2.28. The third kappa shape index (κ3) is 5.81. The van der Waals surface area contributed by atoms with E-state index in [9.17, 15) is 5.26 Å². The Hall–Kier alpha value is -3.83. The topological polar surface area (TPSA) is 85.4 Å². The molecule has 182 valence electrons. The second-order valence-electron chi connectivity index (χ2n) is 8.11. The van der Waals surface area contributed by atoms with Crippen LogP contribution in [0.1, 0.15) is 38.1 Å². The summed E-state index contributed by atoms with van der Waals surface area (Å²) in [6.07, 6.45) is 3.85. The van der Waals surface area contributed by atoms with Crippen molar-refractivity contribution in [3.05, 3.63) is 59.9 Å². The Kier molecular flexibility index (Phi) is 8.36. The van der Waals surface area contributed by atoms with Gasteiger partial charge in [-0.15, -0.1) is 10.2 Å². The van der Waals surface area contributed by atoms with Gasteiger partial charge in [-0.1, -0.05) is 37.6 Å². The fourth-order valence-electron chi connectivity index (χ4n) is 3.88. The predicted molar refractivity (Wildman–Crippen MR) is 136 cm³/mol. The highest BCUT2D eigenvalue weighted by Crippen LogP contribution is 2.31. The minimum absolute atomic E-state index is 0.406. The van der Waals surface area contributed by atoms with Crippen LogP contribution < -0.4 is 14.4 Å². The van der Waals surface area contributed by atoms with Gasteiger partial charge in [0.05, 0.1) is 37.7 Å². The largest absolute Gasteiger partial charge is 0.490 e. The van der Waals surface area contributed by atoms with E-state index in [4.69, 9.17) is 14.2 Å². The minimum Gasteiger partial charge on any atom is -0.490 e. The van der Waals surface area contributed by atoms with Gasteiger partial charge in [0.25, 0.3) is 0 Å². The number of aromatic nitrogens is 3. The van der Waals surface area contributed by atoms with Crippen LogP contribution >= 0.6 is 0 Å². The van der Waals surface area contributed by atoms with Crippen molar-refractivity contribution in [2.75, 3.05) is 44.4 Å². The first-order valence-electron chi connectivity index (χ1n) is 12.1. The Morgan fingerprint density at radius 2 is 1.86 bits per heavy atom. The summed E-state index contributed by atoms with van der Waals surface area (Å²) in [5, 5.41) is 19.0. The van der Waals surface area contributed by atoms with E-state index in [0.29, 0.717) is 68.4 Å². The van der Waals surface area contributed by atoms with Gasteiger partial charge in [0.2, 0.25) is 5.95 Å². The number of nitriles is 1. The lowest BCUT2D eigenvalue weighted by atomic mass is 10.1. The van der Waals surface area contributed by atoms with Crippen molar-refractivity contribution in [2.45, 2.75) is 26.7 Å². The van der Waals surface area contributed by atoms with Crippen molar-refractivity contribution in [1.82, 2.24) is 14.8 Å². The van der Waals surface area contributed by atoms with Crippen LogP contribution in [0.5, 0.6) is 11.5 Å². The van der Waals surface area contributed by atoms with Crippen LogP contribution in [0.15, 0.2) is 48.5 Å². The quantitative estimate of drug-likeness (QED) is 0.310. The molecule has 0 amide bonds. The molecule has 0 aliphatic carbocycles. The number of benzene rings is 2. The SMILES string of the molecule is CCCCOc1ccc(/C=C(\C#N)c2nnc(N3CCOCC3)n2-c2ccccc2)cc1OCC. The Bertz CT molecular complexity index is 1180. The molecule has 0 atom stereocenters. The average molecular weight is 474 g/mol. The van der Waals surface area contributed by atoms with Crippen molar-refractivity contribution < 1.29 is 14.2 Å². The highest BCUT2D eigenvalue weighted by atomic mass is 16.5. The molecule has 1 saturated heterocycles. The highest BCUT2D eigenvalue weighted by molar-refractivity contribution is 5.88. The van der Waals surface area contributed by atoms with Gasteiger partial charge >= 0.3 is 0 Å². The minimum atomic E-state index is 0.406. The van der Waals surface area contributed by atoms with Gasteiger partial charge in [0.1, 0.15) is 6.07 Å². The van der Waals surface area contributed by atoms with Gasteiger partial charge < -0.3 is 19.1 Å². The molecule has 0 spiro atoms. The van der Waals surface area contributed by atoms with E-state index in [1.54, 1.807) is 0 Å². The van der Waals surface area contributed by atoms with Gasteiger partial charge in [-0.25, -0.2) is 0 Å². The highest BCUT2D eigenvalue weighted by Gasteiger charge is 2.23. The molecular weight excluding hydrogens is 442 g/mol. The lowest BCUT2D eigenvalue weighted by molar-refractivity contribution is 0.122. The molecule has 1 aliphatic rings. The van der Waals surface area contributed by atoms with Crippen LogP contribution in [-0.2, 0) is 4.74 Å². The first-order valence-corrected chi connectivity index (χ1v) is 12.1. The Morgan fingerprint density at radius 1 is 1.06 bits per heavy atom.